The lowest BCUT2D eigenvalue weighted by Crippen LogP contribution is -1.96. The Kier molecular flexibility index (Phi) is 6.73. The molecular weight excluding hydrogens is 384 g/mol. The third kappa shape index (κ3) is 5.02. The zero-order chi connectivity index (χ0) is 14.2. The maximum atomic E-state index is 5.23. The average Bonchev–Trinajstić information content (AvgIpc) is 2.53. The quantitative estimate of drug-likeness (QED) is 0.278. The monoisotopic (exact) mass is 398 g/mol. The second kappa shape index (κ2) is 8.57. The number of halogens is 2. The molecule has 0 unspecified atom stereocenters. The fraction of sp³-hybridized carbons (Fsp3) is 0.250. The van der Waals surface area contributed by atoms with Gasteiger partial charge < -0.3 is 0 Å². The van der Waals surface area contributed by atoms with Crippen LogP contribution in [0.25, 0.3) is 0 Å². The Bertz CT molecular complexity index is 460. The molecule has 0 spiro atoms. The summed E-state index contributed by atoms with van der Waals surface area (Å²) in [6.07, 6.45) is 0. The van der Waals surface area contributed by atoms with Crippen molar-refractivity contribution in [1.29, 1.82) is 0 Å². The molecule has 0 saturated carbocycles. The van der Waals surface area contributed by atoms with Gasteiger partial charge in [-0.3, -0.25) is 0 Å². The van der Waals surface area contributed by atoms with E-state index in [4.69, 9.17) is 9.78 Å². The van der Waals surface area contributed by atoms with Crippen molar-refractivity contribution in [3.8, 4) is 0 Å². The minimum Gasteiger partial charge on any atom is -0.232 e. The fourth-order valence-corrected chi connectivity index (χ4v) is 2.42. The fourth-order valence-electron chi connectivity index (χ4n) is 1.67. The number of alkyl halides is 2. The first kappa shape index (κ1) is 15.7. The highest BCUT2D eigenvalue weighted by Gasteiger charge is 1.97. The van der Waals surface area contributed by atoms with Gasteiger partial charge in [0.15, 0.2) is 0 Å². The van der Waals surface area contributed by atoms with Gasteiger partial charge in [0.1, 0.15) is 13.2 Å². The van der Waals surface area contributed by atoms with Crippen molar-refractivity contribution in [2.24, 2.45) is 0 Å². The van der Waals surface area contributed by atoms with Crippen LogP contribution in [0.3, 0.4) is 0 Å². The Balaban J connectivity index is 1.72. The van der Waals surface area contributed by atoms with Gasteiger partial charge in [0.25, 0.3) is 0 Å². The Morgan fingerprint density at radius 1 is 0.550 bits per heavy atom. The van der Waals surface area contributed by atoms with Crippen LogP contribution >= 0.6 is 31.9 Å². The molecule has 0 saturated heterocycles. The minimum atomic E-state index is 0.460. The Morgan fingerprint density at radius 2 is 0.850 bits per heavy atom. The van der Waals surface area contributed by atoms with Crippen molar-refractivity contribution < 1.29 is 9.78 Å². The van der Waals surface area contributed by atoms with Gasteiger partial charge in [-0.2, -0.15) is 0 Å². The molecule has 4 heteroatoms. The summed E-state index contributed by atoms with van der Waals surface area (Å²) < 4.78 is 0. The predicted molar refractivity (Wildman–Crippen MR) is 87.7 cm³/mol. The SMILES string of the molecule is BrCc1ccc(COOCc2ccc(CBr)cc2)cc1. The Labute approximate surface area is 136 Å². The molecule has 0 heterocycles. The predicted octanol–water partition coefficient (Wildman–Crippen LogP) is 5.12. The van der Waals surface area contributed by atoms with Crippen LogP contribution < -0.4 is 0 Å². The summed E-state index contributed by atoms with van der Waals surface area (Å²) in [6.45, 7) is 0.921. The second-order valence-electron chi connectivity index (χ2n) is 4.42. The molecule has 2 aromatic carbocycles. The van der Waals surface area contributed by atoms with Crippen LogP contribution in [0.4, 0.5) is 0 Å². The summed E-state index contributed by atoms with van der Waals surface area (Å²) in [4.78, 5) is 10.5. The molecule has 0 radical (unpaired) electrons. The van der Waals surface area contributed by atoms with Crippen molar-refractivity contribution in [2.45, 2.75) is 23.9 Å². The van der Waals surface area contributed by atoms with Gasteiger partial charge in [-0.15, -0.1) is 0 Å². The molecule has 106 valence electrons. The molecule has 2 aromatic rings. The molecular formula is C16H16Br2O2. The van der Waals surface area contributed by atoms with Gasteiger partial charge in [0, 0.05) is 10.7 Å². The summed E-state index contributed by atoms with van der Waals surface area (Å²) in [5.41, 5.74) is 4.71. The lowest BCUT2D eigenvalue weighted by Gasteiger charge is -2.05. The first-order chi connectivity index (χ1) is 9.81. The van der Waals surface area contributed by atoms with Crippen LogP contribution in [-0.2, 0) is 33.6 Å². The van der Waals surface area contributed by atoms with E-state index in [1.807, 2.05) is 24.3 Å². The molecule has 20 heavy (non-hydrogen) atoms. The van der Waals surface area contributed by atoms with E-state index in [9.17, 15) is 0 Å². The summed E-state index contributed by atoms with van der Waals surface area (Å²) in [5, 5.41) is 1.74. The highest BCUT2D eigenvalue weighted by atomic mass is 79.9. The van der Waals surface area contributed by atoms with Crippen LogP contribution in [0.1, 0.15) is 22.3 Å². The number of rotatable bonds is 7. The lowest BCUT2D eigenvalue weighted by atomic mass is 10.2. The second-order valence-corrected chi connectivity index (χ2v) is 5.55. The molecule has 2 rings (SSSR count). The lowest BCUT2D eigenvalue weighted by molar-refractivity contribution is -0.313. The van der Waals surface area contributed by atoms with E-state index in [0.717, 1.165) is 21.8 Å². The van der Waals surface area contributed by atoms with Crippen LogP contribution in [0.15, 0.2) is 48.5 Å². The Morgan fingerprint density at radius 3 is 1.15 bits per heavy atom. The van der Waals surface area contributed by atoms with Gasteiger partial charge in [0.2, 0.25) is 0 Å². The van der Waals surface area contributed by atoms with Crippen LogP contribution in [0, 0.1) is 0 Å². The Hall–Kier alpha value is -0.680. The van der Waals surface area contributed by atoms with Gasteiger partial charge in [0.05, 0.1) is 0 Å². The third-order valence-corrected chi connectivity index (χ3v) is 4.18. The summed E-state index contributed by atoms with van der Waals surface area (Å²) in [7, 11) is 0. The molecule has 0 aliphatic rings. The van der Waals surface area contributed by atoms with Gasteiger partial charge in [-0.25, -0.2) is 9.78 Å². The van der Waals surface area contributed by atoms with Crippen molar-refractivity contribution in [2.75, 3.05) is 0 Å². The van der Waals surface area contributed by atoms with Gasteiger partial charge in [-0.05, 0) is 22.3 Å². The van der Waals surface area contributed by atoms with Crippen LogP contribution in [0.2, 0.25) is 0 Å². The number of hydrogen-bond donors (Lipinski definition) is 0. The molecule has 0 amide bonds. The molecule has 0 N–H and O–H groups in total. The zero-order valence-electron chi connectivity index (χ0n) is 11.0. The summed E-state index contributed by atoms with van der Waals surface area (Å²) >= 11 is 6.85. The molecule has 0 aromatic heterocycles. The smallest absolute Gasteiger partial charge is 0.107 e. The van der Waals surface area contributed by atoms with Crippen LogP contribution in [0.5, 0.6) is 0 Å². The third-order valence-electron chi connectivity index (χ3n) is 2.89. The summed E-state index contributed by atoms with van der Waals surface area (Å²) in [5.74, 6) is 0. The minimum absolute atomic E-state index is 0.460. The number of hydrogen-bond acceptors (Lipinski definition) is 2. The standard InChI is InChI=1S/C16H16Br2O2/c17-9-13-1-5-15(6-2-13)11-19-20-12-16-7-3-14(10-18)4-8-16/h1-8H,9-12H2. The molecule has 0 aliphatic carbocycles. The zero-order valence-corrected chi connectivity index (χ0v) is 14.2. The number of benzene rings is 2. The molecule has 0 fully saturated rings. The molecule has 0 atom stereocenters. The topological polar surface area (TPSA) is 18.5 Å². The highest BCUT2D eigenvalue weighted by molar-refractivity contribution is 9.08. The van der Waals surface area contributed by atoms with Crippen LogP contribution in [-0.4, -0.2) is 0 Å². The molecule has 0 aliphatic heterocycles. The highest BCUT2D eigenvalue weighted by Crippen LogP contribution is 2.11. The van der Waals surface area contributed by atoms with E-state index in [1.165, 1.54) is 11.1 Å². The van der Waals surface area contributed by atoms with Crippen molar-refractivity contribution in [3.05, 3.63) is 70.8 Å². The first-order valence-electron chi connectivity index (χ1n) is 6.34. The van der Waals surface area contributed by atoms with Gasteiger partial charge in [-0.1, -0.05) is 80.4 Å². The maximum Gasteiger partial charge on any atom is 0.107 e. The molecule has 0 bridgehead atoms. The summed E-state index contributed by atoms with van der Waals surface area (Å²) in [6, 6.07) is 16.5. The molecule has 2 nitrogen and oxygen atoms in total. The van der Waals surface area contributed by atoms with Crippen molar-refractivity contribution >= 4 is 31.9 Å². The van der Waals surface area contributed by atoms with E-state index in [-0.39, 0.29) is 0 Å². The van der Waals surface area contributed by atoms with Crippen molar-refractivity contribution in [3.63, 3.8) is 0 Å². The average molecular weight is 400 g/mol. The maximum absolute atomic E-state index is 5.23. The van der Waals surface area contributed by atoms with E-state index in [2.05, 4.69) is 56.1 Å². The largest absolute Gasteiger partial charge is 0.232 e. The first-order valence-corrected chi connectivity index (χ1v) is 8.58. The van der Waals surface area contributed by atoms with E-state index < -0.39 is 0 Å². The van der Waals surface area contributed by atoms with E-state index in [0.29, 0.717) is 13.2 Å². The normalized spacial score (nSPS) is 10.7. The van der Waals surface area contributed by atoms with E-state index in [1.54, 1.807) is 0 Å². The van der Waals surface area contributed by atoms with Gasteiger partial charge >= 0.3 is 0 Å². The van der Waals surface area contributed by atoms with Crippen molar-refractivity contribution in [1.82, 2.24) is 0 Å². The van der Waals surface area contributed by atoms with E-state index >= 15 is 0 Å².